The summed E-state index contributed by atoms with van der Waals surface area (Å²) in [5.41, 5.74) is 4.20. The largest absolute Gasteiger partial charge is 0.489 e. The number of carbonyl (C=O) groups is 1. The van der Waals surface area contributed by atoms with Crippen LogP contribution in [-0.2, 0) is 22.6 Å². The monoisotopic (exact) mass is 389 g/mol. The average Bonchev–Trinajstić information content (AvgIpc) is 2.78. The summed E-state index contributed by atoms with van der Waals surface area (Å²) < 4.78 is 10.5. The predicted molar refractivity (Wildman–Crippen MR) is 111 cm³/mol. The van der Waals surface area contributed by atoms with Crippen molar-refractivity contribution in [3.05, 3.63) is 101 Å². The first-order chi connectivity index (χ1) is 14.2. The van der Waals surface area contributed by atoms with Crippen molar-refractivity contribution in [1.82, 2.24) is 0 Å². The van der Waals surface area contributed by atoms with Gasteiger partial charge in [-0.2, -0.15) is 0 Å². The van der Waals surface area contributed by atoms with Crippen molar-refractivity contribution in [2.24, 2.45) is 5.16 Å². The third-order valence-corrected chi connectivity index (χ3v) is 4.52. The molecule has 0 aliphatic heterocycles. The van der Waals surface area contributed by atoms with Crippen LogP contribution in [0.2, 0.25) is 0 Å². The second-order valence-corrected chi connectivity index (χ2v) is 6.52. The smallest absolute Gasteiger partial charge is 0.305 e. The number of carbonyl (C=O) groups excluding carboxylic acids is 1. The van der Waals surface area contributed by atoms with Gasteiger partial charge in [0, 0.05) is 17.5 Å². The van der Waals surface area contributed by atoms with E-state index >= 15 is 0 Å². The molecule has 0 heterocycles. The van der Waals surface area contributed by atoms with Gasteiger partial charge in [-0.3, -0.25) is 4.79 Å². The summed E-state index contributed by atoms with van der Waals surface area (Å²) in [6.45, 7) is 0.392. The van der Waals surface area contributed by atoms with Gasteiger partial charge < -0.3 is 14.7 Å². The van der Waals surface area contributed by atoms with E-state index in [1.54, 1.807) is 0 Å². The van der Waals surface area contributed by atoms with E-state index in [4.69, 9.17) is 4.74 Å². The second kappa shape index (κ2) is 10.1. The predicted octanol–water partition coefficient (Wildman–Crippen LogP) is 4.60. The molecule has 0 aliphatic rings. The molecule has 0 bridgehead atoms. The Morgan fingerprint density at radius 2 is 1.62 bits per heavy atom. The van der Waals surface area contributed by atoms with Crippen LogP contribution in [0.3, 0.4) is 0 Å². The van der Waals surface area contributed by atoms with Crippen LogP contribution >= 0.6 is 0 Å². The lowest BCUT2D eigenvalue weighted by Crippen LogP contribution is -2.05. The molecular weight excluding hydrogens is 366 g/mol. The van der Waals surface area contributed by atoms with Crippen LogP contribution in [-0.4, -0.2) is 24.0 Å². The molecule has 0 atom stereocenters. The van der Waals surface area contributed by atoms with Crippen LogP contribution in [0.4, 0.5) is 0 Å². The zero-order chi connectivity index (χ0) is 20.5. The van der Waals surface area contributed by atoms with E-state index in [9.17, 15) is 10.0 Å². The zero-order valence-electron chi connectivity index (χ0n) is 16.2. The molecule has 3 aromatic carbocycles. The van der Waals surface area contributed by atoms with Crippen molar-refractivity contribution in [1.29, 1.82) is 0 Å². The summed E-state index contributed by atoms with van der Waals surface area (Å²) >= 11 is 0. The molecule has 0 aromatic heterocycles. The number of hydrogen-bond donors (Lipinski definition) is 1. The number of benzene rings is 3. The number of methoxy groups -OCH3 is 1. The summed E-state index contributed by atoms with van der Waals surface area (Å²) in [4.78, 5) is 11.2. The van der Waals surface area contributed by atoms with Crippen molar-refractivity contribution in [3.63, 3.8) is 0 Å². The third-order valence-electron chi connectivity index (χ3n) is 4.52. The summed E-state index contributed by atoms with van der Waals surface area (Å²) in [6.07, 6.45) is 0.997. The zero-order valence-corrected chi connectivity index (χ0v) is 16.2. The van der Waals surface area contributed by atoms with E-state index in [0.29, 0.717) is 25.2 Å². The normalized spacial score (nSPS) is 11.1. The third kappa shape index (κ3) is 5.69. The van der Waals surface area contributed by atoms with E-state index in [-0.39, 0.29) is 5.97 Å². The van der Waals surface area contributed by atoms with Crippen LogP contribution in [0.5, 0.6) is 5.75 Å². The highest BCUT2D eigenvalue weighted by Gasteiger charge is 2.08. The molecule has 0 saturated carbocycles. The fourth-order valence-electron chi connectivity index (χ4n) is 2.95. The minimum Gasteiger partial charge on any atom is -0.489 e. The molecule has 0 saturated heterocycles. The SMILES string of the molecule is COC(=O)CCc1ccc(OCc2cccc(/C(=N\O)c3ccccc3)c2)cc1. The number of esters is 1. The van der Waals surface area contributed by atoms with Gasteiger partial charge in [0.1, 0.15) is 18.1 Å². The quantitative estimate of drug-likeness (QED) is 0.265. The molecule has 3 rings (SSSR count). The Morgan fingerprint density at radius 1 is 0.897 bits per heavy atom. The molecule has 0 spiro atoms. The van der Waals surface area contributed by atoms with Gasteiger partial charge in [0.2, 0.25) is 0 Å². The van der Waals surface area contributed by atoms with Gasteiger partial charge in [-0.05, 0) is 35.7 Å². The summed E-state index contributed by atoms with van der Waals surface area (Å²) in [7, 11) is 1.39. The fourth-order valence-corrected chi connectivity index (χ4v) is 2.95. The molecule has 5 heteroatoms. The Morgan fingerprint density at radius 3 is 2.31 bits per heavy atom. The summed E-state index contributed by atoms with van der Waals surface area (Å²) in [5, 5.41) is 13.0. The van der Waals surface area contributed by atoms with Crippen LogP contribution < -0.4 is 4.74 Å². The highest BCUT2D eigenvalue weighted by Crippen LogP contribution is 2.17. The highest BCUT2D eigenvalue weighted by atomic mass is 16.5. The van der Waals surface area contributed by atoms with Gasteiger partial charge >= 0.3 is 5.97 Å². The molecule has 5 nitrogen and oxygen atoms in total. The molecular formula is C24H23NO4. The van der Waals surface area contributed by atoms with Crippen LogP contribution in [0.25, 0.3) is 0 Å². The molecule has 3 aromatic rings. The second-order valence-electron chi connectivity index (χ2n) is 6.52. The number of hydrogen-bond acceptors (Lipinski definition) is 5. The average molecular weight is 389 g/mol. The molecule has 0 amide bonds. The Labute approximate surface area is 170 Å². The van der Waals surface area contributed by atoms with E-state index < -0.39 is 0 Å². The van der Waals surface area contributed by atoms with E-state index in [2.05, 4.69) is 9.89 Å². The van der Waals surface area contributed by atoms with Crippen molar-refractivity contribution in [2.45, 2.75) is 19.4 Å². The Kier molecular flexibility index (Phi) is 7.00. The summed E-state index contributed by atoms with van der Waals surface area (Å²) in [5.74, 6) is 0.530. The molecule has 0 fully saturated rings. The van der Waals surface area contributed by atoms with Gasteiger partial charge in [-0.25, -0.2) is 0 Å². The van der Waals surface area contributed by atoms with Gasteiger partial charge in [-0.15, -0.1) is 0 Å². The van der Waals surface area contributed by atoms with Crippen LogP contribution in [0.15, 0.2) is 84.0 Å². The topological polar surface area (TPSA) is 68.1 Å². The van der Waals surface area contributed by atoms with Gasteiger partial charge in [-0.1, -0.05) is 65.8 Å². The van der Waals surface area contributed by atoms with E-state index in [1.165, 1.54) is 7.11 Å². The molecule has 0 aliphatic carbocycles. The first-order valence-electron chi connectivity index (χ1n) is 9.35. The molecule has 148 valence electrons. The van der Waals surface area contributed by atoms with Crippen molar-refractivity contribution >= 4 is 11.7 Å². The number of nitrogens with zero attached hydrogens (tertiary/aromatic N) is 1. The Balaban J connectivity index is 1.63. The van der Waals surface area contributed by atoms with Crippen molar-refractivity contribution in [2.75, 3.05) is 7.11 Å². The maximum Gasteiger partial charge on any atom is 0.305 e. The first-order valence-corrected chi connectivity index (χ1v) is 9.35. The minimum atomic E-state index is -0.216. The lowest BCUT2D eigenvalue weighted by molar-refractivity contribution is -0.140. The van der Waals surface area contributed by atoms with Crippen molar-refractivity contribution in [3.8, 4) is 5.75 Å². The number of oxime groups is 1. The fraction of sp³-hybridized carbons (Fsp3) is 0.167. The molecule has 0 radical (unpaired) electrons. The molecule has 1 N–H and O–H groups in total. The Bertz CT molecular complexity index is 966. The van der Waals surface area contributed by atoms with Gasteiger partial charge in [0.05, 0.1) is 7.11 Å². The van der Waals surface area contributed by atoms with Crippen molar-refractivity contribution < 1.29 is 19.5 Å². The highest BCUT2D eigenvalue weighted by molar-refractivity contribution is 6.12. The maximum absolute atomic E-state index is 11.2. The minimum absolute atomic E-state index is 0.216. The van der Waals surface area contributed by atoms with E-state index in [0.717, 1.165) is 28.0 Å². The Hall–Kier alpha value is -3.60. The van der Waals surface area contributed by atoms with Crippen LogP contribution in [0, 0.1) is 0 Å². The van der Waals surface area contributed by atoms with E-state index in [1.807, 2.05) is 78.9 Å². The maximum atomic E-state index is 11.2. The standard InChI is InChI=1S/C24H23NO4/c1-28-23(26)15-12-18-10-13-22(14-11-18)29-17-19-6-5-9-21(16-19)24(25-27)20-7-3-2-4-8-20/h2-11,13-14,16,27H,12,15,17H2,1H3/b25-24-. The number of ether oxygens (including phenoxy) is 2. The summed E-state index contributed by atoms with van der Waals surface area (Å²) in [6, 6.07) is 24.9. The van der Waals surface area contributed by atoms with Crippen LogP contribution in [0.1, 0.15) is 28.7 Å². The van der Waals surface area contributed by atoms with Gasteiger partial charge in [0.25, 0.3) is 0 Å². The molecule has 0 unspecified atom stereocenters. The lowest BCUT2D eigenvalue weighted by atomic mass is 10.0. The molecule has 29 heavy (non-hydrogen) atoms. The number of rotatable bonds is 8. The first kappa shape index (κ1) is 20.1. The lowest BCUT2D eigenvalue weighted by Gasteiger charge is -2.10. The number of aryl methyl sites for hydroxylation is 1. The van der Waals surface area contributed by atoms with Gasteiger partial charge in [0.15, 0.2) is 0 Å².